The molecule has 0 aliphatic carbocycles. The molecule has 0 aromatic heterocycles. The highest BCUT2D eigenvalue weighted by Crippen LogP contribution is 2.42. The molecule has 2 nitrogen and oxygen atoms in total. The Kier molecular flexibility index (Phi) is 2.03. The lowest BCUT2D eigenvalue weighted by Crippen LogP contribution is -1.93. The Morgan fingerprint density at radius 2 is 1.81 bits per heavy atom. The van der Waals surface area contributed by atoms with E-state index in [-0.39, 0.29) is 0 Å². The first-order chi connectivity index (χ1) is 7.77. The molecule has 3 rings (SSSR count). The molecule has 1 aliphatic rings. The molecule has 0 radical (unpaired) electrons. The van der Waals surface area contributed by atoms with Gasteiger partial charge in [0, 0.05) is 5.39 Å². The van der Waals surface area contributed by atoms with Gasteiger partial charge in [0.2, 0.25) is 6.79 Å². The highest BCUT2D eigenvalue weighted by atomic mass is 16.7. The SMILES string of the molecule is CC(C)c1cc2c(c3ccccc13)OCO2. The predicted molar refractivity (Wildman–Crippen MR) is 64.2 cm³/mol. The lowest BCUT2D eigenvalue weighted by Gasteiger charge is -2.11. The van der Waals surface area contributed by atoms with Gasteiger partial charge in [-0.25, -0.2) is 0 Å². The topological polar surface area (TPSA) is 18.5 Å². The van der Waals surface area contributed by atoms with Gasteiger partial charge in [-0.15, -0.1) is 0 Å². The van der Waals surface area contributed by atoms with Crippen LogP contribution in [0.25, 0.3) is 10.8 Å². The van der Waals surface area contributed by atoms with E-state index in [1.54, 1.807) is 0 Å². The van der Waals surface area contributed by atoms with Crippen molar-refractivity contribution in [3.05, 3.63) is 35.9 Å². The molecule has 0 bridgehead atoms. The van der Waals surface area contributed by atoms with Crippen molar-refractivity contribution in [1.29, 1.82) is 0 Å². The maximum absolute atomic E-state index is 5.52. The van der Waals surface area contributed by atoms with Crippen LogP contribution in [0.5, 0.6) is 11.5 Å². The quantitative estimate of drug-likeness (QED) is 0.720. The summed E-state index contributed by atoms with van der Waals surface area (Å²) in [5.41, 5.74) is 1.32. The van der Waals surface area contributed by atoms with Crippen molar-refractivity contribution in [2.24, 2.45) is 0 Å². The van der Waals surface area contributed by atoms with E-state index >= 15 is 0 Å². The molecule has 1 aliphatic heterocycles. The highest BCUT2D eigenvalue weighted by molar-refractivity contribution is 5.94. The summed E-state index contributed by atoms with van der Waals surface area (Å²) in [6.45, 7) is 4.73. The van der Waals surface area contributed by atoms with Crippen LogP contribution in [0.2, 0.25) is 0 Å². The Hall–Kier alpha value is -1.70. The van der Waals surface area contributed by atoms with Gasteiger partial charge in [0.15, 0.2) is 11.5 Å². The summed E-state index contributed by atoms with van der Waals surface area (Å²) >= 11 is 0. The molecule has 0 saturated carbocycles. The standard InChI is InChI=1S/C14H14O2/c1-9(2)12-7-13-14(16-8-15-13)11-6-4-3-5-10(11)12/h3-7,9H,8H2,1-2H3. The van der Waals surface area contributed by atoms with Crippen molar-refractivity contribution < 1.29 is 9.47 Å². The van der Waals surface area contributed by atoms with Crippen molar-refractivity contribution in [2.45, 2.75) is 19.8 Å². The van der Waals surface area contributed by atoms with Crippen LogP contribution in [-0.2, 0) is 0 Å². The second-order valence-corrected chi connectivity index (χ2v) is 4.40. The lowest BCUT2D eigenvalue weighted by atomic mass is 9.95. The number of ether oxygens (including phenoxy) is 2. The molecule has 0 saturated heterocycles. The predicted octanol–water partition coefficient (Wildman–Crippen LogP) is 3.69. The molecule has 16 heavy (non-hydrogen) atoms. The van der Waals surface area contributed by atoms with Gasteiger partial charge in [-0.05, 0) is 22.9 Å². The molecule has 0 fully saturated rings. The van der Waals surface area contributed by atoms with Gasteiger partial charge in [0.05, 0.1) is 0 Å². The molecule has 0 N–H and O–H groups in total. The molecular formula is C14H14O2. The largest absolute Gasteiger partial charge is 0.454 e. The summed E-state index contributed by atoms with van der Waals surface area (Å²) in [5.74, 6) is 2.25. The number of hydrogen-bond donors (Lipinski definition) is 0. The Labute approximate surface area is 94.8 Å². The van der Waals surface area contributed by atoms with Crippen molar-refractivity contribution in [2.75, 3.05) is 6.79 Å². The fourth-order valence-corrected chi connectivity index (χ4v) is 2.24. The van der Waals surface area contributed by atoms with Crippen LogP contribution in [0, 0.1) is 0 Å². The van der Waals surface area contributed by atoms with Gasteiger partial charge in [0.25, 0.3) is 0 Å². The van der Waals surface area contributed by atoms with Gasteiger partial charge >= 0.3 is 0 Å². The third kappa shape index (κ3) is 1.26. The van der Waals surface area contributed by atoms with Crippen molar-refractivity contribution in [1.82, 2.24) is 0 Å². The molecule has 2 aromatic carbocycles. The normalized spacial score (nSPS) is 13.7. The second-order valence-electron chi connectivity index (χ2n) is 4.40. The fourth-order valence-electron chi connectivity index (χ4n) is 2.24. The fraction of sp³-hybridized carbons (Fsp3) is 0.286. The third-order valence-electron chi connectivity index (χ3n) is 3.03. The average molecular weight is 214 g/mol. The van der Waals surface area contributed by atoms with E-state index in [0.717, 1.165) is 16.9 Å². The molecule has 82 valence electrons. The van der Waals surface area contributed by atoms with Gasteiger partial charge in [-0.2, -0.15) is 0 Å². The number of rotatable bonds is 1. The van der Waals surface area contributed by atoms with E-state index in [9.17, 15) is 0 Å². The molecule has 0 unspecified atom stereocenters. The smallest absolute Gasteiger partial charge is 0.231 e. The van der Waals surface area contributed by atoms with Crippen LogP contribution in [0.3, 0.4) is 0 Å². The minimum absolute atomic E-state index is 0.334. The Morgan fingerprint density at radius 1 is 1.06 bits per heavy atom. The zero-order valence-electron chi connectivity index (χ0n) is 9.49. The summed E-state index contributed by atoms with van der Waals surface area (Å²) < 4.78 is 11.0. The summed E-state index contributed by atoms with van der Waals surface area (Å²) in [7, 11) is 0. The van der Waals surface area contributed by atoms with E-state index in [2.05, 4.69) is 38.1 Å². The van der Waals surface area contributed by atoms with Crippen LogP contribution in [0.15, 0.2) is 30.3 Å². The molecule has 1 heterocycles. The maximum Gasteiger partial charge on any atom is 0.231 e. The lowest BCUT2D eigenvalue weighted by molar-refractivity contribution is 0.175. The second kappa shape index (κ2) is 3.41. The summed E-state index contributed by atoms with van der Waals surface area (Å²) in [5, 5.41) is 2.42. The molecular weight excluding hydrogens is 200 g/mol. The molecule has 2 aromatic rings. The summed E-state index contributed by atoms with van der Waals surface area (Å²) in [6.07, 6.45) is 0. The molecule has 0 atom stereocenters. The molecule has 0 spiro atoms. The van der Waals surface area contributed by atoms with Crippen LogP contribution in [0.4, 0.5) is 0 Å². The van der Waals surface area contributed by atoms with Crippen molar-refractivity contribution in [3.8, 4) is 11.5 Å². The van der Waals surface area contributed by atoms with E-state index in [0.29, 0.717) is 12.7 Å². The molecule has 0 amide bonds. The van der Waals surface area contributed by atoms with Gasteiger partial charge in [0.1, 0.15) is 0 Å². The number of benzene rings is 2. The third-order valence-corrected chi connectivity index (χ3v) is 3.03. The van der Waals surface area contributed by atoms with Crippen molar-refractivity contribution in [3.63, 3.8) is 0 Å². The van der Waals surface area contributed by atoms with Crippen LogP contribution < -0.4 is 9.47 Å². The van der Waals surface area contributed by atoms with E-state index in [1.165, 1.54) is 10.9 Å². The zero-order valence-corrected chi connectivity index (χ0v) is 9.49. The average Bonchev–Trinajstić information content (AvgIpc) is 2.75. The van der Waals surface area contributed by atoms with E-state index < -0.39 is 0 Å². The van der Waals surface area contributed by atoms with E-state index in [4.69, 9.17) is 9.47 Å². The summed E-state index contributed by atoms with van der Waals surface area (Å²) in [4.78, 5) is 0. The van der Waals surface area contributed by atoms with Crippen LogP contribution >= 0.6 is 0 Å². The van der Waals surface area contributed by atoms with E-state index in [1.807, 2.05) is 6.07 Å². The van der Waals surface area contributed by atoms with Gasteiger partial charge in [-0.3, -0.25) is 0 Å². The maximum atomic E-state index is 5.52. The van der Waals surface area contributed by atoms with Crippen LogP contribution in [0.1, 0.15) is 25.3 Å². The first-order valence-electron chi connectivity index (χ1n) is 5.58. The monoisotopic (exact) mass is 214 g/mol. The Bertz CT molecular complexity index is 544. The van der Waals surface area contributed by atoms with Crippen LogP contribution in [-0.4, -0.2) is 6.79 Å². The summed E-state index contributed by atoms with van der Waals surface area (Å²) in [6, 6.07) is 10.4. The molecule has 2 heteroatoms. The number of fused-ring (bicyclic) bond motifs is 3. The first-order valence-corrected chi connectivity index (χ1v) is 5.58. The first kappa shape index (κ1) is 9.52. The van der Waals surface area contributed by atoms with Crippen molar-refractivity contribution >= 4 is 10.8 Å². The zero-order chi connectivity index (χ0) is 11.1. The minimum atomic E-state index is 0.334. The Balaban J connectivity index is 2.40. The van der Waals surface area contributed by atoms with Gasteiger partial charge in [-0.1, -0.05) is 38.1 Å². The number of hydrogen-bond acceptors (Lipinski definition) is 2. The minimum Gasteiger partial charge on any atom is -0.454 e. The highest BCUT2D eigenvalue weighted by Gasteiger charge is 2.19. The van der Waals surface area contributed by atoms with Gasteiger partial charge < -0.3 is 9.47 Å². The Morgan fingerprint density at radius 3 is 2.56 bits per heavy atom.